The van der Waals surface area contributed by atoms with Crippen molar-refractivity contribution >= 4 is 18.3 Å². The summed E-state index contributed by atoms with van der Waals surface area (Å²) in [6, 6.07) is 3.85. The average Bonchev–Trinajstić information content (AvgIpc) is 2.60. The van der Waals surface area contributed by atoms with Crippen molar-refractivity contribution in [1.29, 1.82) is 0 Å². The summed E-state index contributed by atoms with van der Waals surface area (Å²) in [7, 11) is 0. The van der Waals surface area contributed by atoms with Crippen LogP contribution in [0.1, 0.15) is 50.9 Å². The zero-order chi connectivity index (χ0) is 18.2. The van der Waals surface area contributed by atoms with Crippen LogP contribution < -0.4 is 24.8 Å². The van der Waals surface area contributed by atoms with E-state index in [4.69, 9.17) is 14.2 Å². The summed E-state index contributed by atoms with van der Waals surface area (Å²) in [6.07, 6.45) is 2.04. The first kappa shape index (κ1) is 22.4. The molecule has 1 amide bonds. The van der Waals surface area contributed by atoms with Gasteiger partial charge in [-0.25, -0.2) is 0 Å². The number of ether oxygens (including phenoxy) is 3. The minimum absolute atomic E-state index is 0. The highest BCUT2D eigenvalue weighted by Crippen LogP contribution is 2.39. The highest BCUT2D eigenvalue weighted by atomic mass is 35.5. The maximum absolute atomic E-state index is 12.7. The summed E-state index contributed by atoms with van der Waals surface area (Å²) in [4.78, 5) is 12.7. The van der Waals surface area contributed by atoms with Gasteiger partial charge in [0.1, 0.15) is 0 Å². The fraction of sp³-hybridized carbons (Fsp3) is 0.632. The van der Waals surface area contributed by atoms with Gasteiger partial charge < -0.3 is 24.8 Å². The zero-order valence-electron chi connectivity index (χ0n) is 16.1. The van der Waals surface area contributed by atoms with E-state index >= 15 is 0 Å². The van der Waals surface area contributed by atoms with Crippen molar-refractivity contribution in [2.24, 2.45) is 0 Å². The molecule has 6 nitrogen and oxygen atoms in total. The van der Waals surface area contributed by atoms with Gasteiger partial charge in [0, 0.05) is 17.6 Å². The Labute approximate surface area is 162 Å². The van der Waals surface area contributed by atoms with Gasteiger partial charge in [0.05, 0.1) is 19.8 Å². The smallest absolute Gasteiger partial charge is 0.251 e. The number of piperidine rings is 1. The maximum atomic E-state index is 12.7. The number of hydrogen-bond donors (Lipinski definition) is 2. The van der Waals surface area contributed by atoms with Crippen LogP contribution in [-0.2, 0) is 0 Å². The lowest BCUT2D eigenvalue weighted by Crippen LogP contribution is -2.51. The van der Waals surface area contributed by atoms with E-state index in [2.05, 4.69) is 17.6 Å². The molecule has 1 aliphatic heterocycles. The Balaban J connectivity index is 0.00000338. The van der Waals surface area contributed by atoms with Crippen LogP contribution in [0.2, 0.25) is 0 Å². The summed E-state index contributed by atoms with van der Waals surface area (Å²) < 4.78 is 17.0. The average molecular weight is 387 g/mol. The number of rotatable bonds is 8. The molecule has 1 heterocycles. The normalized spacial score (nSPS) is 19.2. The molecule has 148 valence electrons. The molecule has 7 heteroatoms. The van der Waals surface area contributed by atoms with E-state index in [1.54, 1.807) is 12.1 Å². The second-order valence-corrected chi connectivity index (χ2v) is 6.07. The van der Waals surface area contributed by atoms with Gasteiger partial charge in [-0.3, -0.25) is 4.79 Å². The van der Waals surface area contributed by atoms with Gasteiger partial charge in [0.2, 0.25) is 5.75 Å². The van der Waals surface area contributed by atoms with Crippen LogP contribution in [0.3, 0.4) is 0 Å². The zero-order valence-corrected chi connectivity index (χ0v) is 16.9. The van der Waals surface area contributed by atoms with Gasteiger partial charge in [-0.2, -0.15) is 0 Å². The molecule has 1 saturated heterocycles. The maximum Gasteiger partial charge on any atom is 0.251 e. The predicted octanol–water partition coefficient (Wildman–Crippen LogP) is 3.17. The van der Waals surface area contributed by atoms with Gasteiger partial charge in [0.25, 0.3) is 5.91 Å². The number of hydrogen-bond acceptors (Lipinski definition) is 5. The fourth-order valence-electron chi connectivity index (χ4n) is 3.01. The van der Waals surface area contributed by atoms with Gasteiger partial charge in [-0.15, -0.1) is 12.4 Å². The van der Waals surface area contributed by atoms with Crippen LogP contribution in [0.4, 0.5) is 0 Å². The van der Waals surface area contributed by atoms with Crippen LogP contribution in [0, 0.1) is 0 Å². The van der Waals surface area contributed by atoms with E-state index < -0.39 is 0 Å². The lowest BCUT2D eigenvalue weighted by atomic mass is 9.99. The van der Waals surface area contributed by atoms with E-state index in [1.165, 1.54) is 0 Å². The van der Waals surface area contributed by atoms with Crippen LogP contribution in [0.5, 0.6) is 17.2 Å². The number of carbonyl (C=O) groups excluding carboxylic acids is 1. The van der Waals surface area contributed by atoms with Gasteiger partial charge >= 0.3 is 0 Å². The standard InChI is InChI=1S/C19H30N2O4.ClH/c1-5-23-16-11-14(12-17(24-6-2)18(16)25-7-3)19(22)21-15-9-8-10-20-13(15)4;/h11-13,15,20H,5-10H2,1-4H3,(H,21,22);1H. The largest absolute Gasteiger partial charge is 0.490 e. The summed E-state index contributed by atoms with van der Waals surface area (Å²) in [5, 5.41) is 6.52. The predicted molar refractivity (Wildman–Crippen MR) is 105 cm³/mol. The highest BCUT2D eigenvalue weighted by molar-refractivity contribution is 5.95. The molecule has 1 aromatic carbocycles. The molecule has 2 rings (SSSR count). The summed E-state index contributed by atoms with van der Waals surface area (Å²) >= 11 is 0. The third-order valence-electron chi connectivity index (χ3n) is 4.25. The van der Waals surface area contributed by atoms with Gasteiger partial charge in [-0.1, -0.05) is 0 Å². The van der Waals surface area contributed by atoms with E-state index in [0.29, 0.717) is 42.6 Å². The summed E-state index contributed by atoms with van der Waals surface area (Å²) in [6.45, 7) is 10.3. The van der Waals surface area contributed by atoms with Gasteiger partial charge in [-0.05, 0) is 59.2 Å². The molecule has 0 bridgehead atoms. The second-order valence-electron chi connectivity index (χ2n) is 6.07. The molecular formula is C19H31ClN2O4. The van der Waals surface area contributed by atoms with E-state index in [1.807, 2.05) is 20.8 Å². The highest BCUT2D eigenvalue weighted by Gasteiger charge is 2.24. The van der Waals surface area contributed by atoms with Crippen molar-refractivity contribution in [3.8, 4) is 17.2 Å². The van der Waals surface area contributed by atoms with Crippen molar-refractivity contribution in [2.75, 3.05) is 26.4 Å². The molecule has 2 N–H and O–H groups in total. The Hall–Kier alpha value is -1.66. The first-order valence-corrected chi connectivity index (χ1v) is 9.21. The molecule has 2 unspecified atom stereocenters. The SMILES string of the molecule is CCOc1cc(C(=O)NC2CCCNC2C)cc(OCC)c1OCC.Cl. The van der Waals surface area contributed by atoms with Crippen LogP contribution in [-0.4, -0.2) is 44.4 Å². The Morgan fingerprint density at radius 2 is 1.69 bits per heavy atom. The van der Waals surface area contributed by atoms with Crippen molar-refractivity contribution in [2.45, 2.75) is 52.6 Å². The molecule has 0 aliphatic carbocycles. The van der Waals surface area contributed by atoms with Crippen LogP contribution in [0.25, 0.3) is 0 Å². The number of nitrogens with one attached hydrogen (secondary N) is 2. The molecular weight excluding hydrogens is 356 g/mol. The Bertz CT molecular complexity index is 556. The molecule has 1 aliphatic rings. The molecule has 1 fully saturated rings. The third-order valence-corrected chi connectivity index (χ3v) is 4.25. The lowest BCUT2D eigenvalue weighted by molar-refractivity contribution is 0.0918. The minimum atomic E-state index is -0.120. The van der Waals surface area contributed by atoms with Crippen molar-refractivity contribution in [1.82, 2.24) is 10.6 Å². The first-order valence-electron chi connectivity index (χ1n) is 9.21. The van der Waals surface area contributed by atoms with E-state index in [-0.39, 0.29) is 30.4 Å². The Morgan fingerprint density at radius 1 is 1.12 bits per heavy atom. The van der Waals surface area contributed by atoms with Crippen molar-refractivity contribution in [3.63, 3.8) is 0 Å². The van der Waals surface area contributed by atoms with Crippen molar-refractivity contribution < 1.29 is 19.0 Å². The molecule has 2 atom stereocenters. The Morgan fingerprint density at radius 3 is 2.19 bits per heavy atom. The number of halogens is 1. The number of benzene rings is 1. The molecule has 0 aromatic heterocycles. The van der Waals surface area contributed by atoms with Gasteiger partial charge in [0.15, 0.2) is 11.5 Å². The third kappa shape index (κ3) is 5.68. The quantitative estimate of drug-likeness (QED) is 0.718. The monoisotopic (exact) mass is 386 g/mol. The molecule has 0 saturated carbocycles. The topological polar surface area (TPSA) is 68.8 Å². The Kier molecular flexibility index (Phi) is 9.59. The molecule has 0 spiro atoms. The van der Waals surface area contributed by atoms with E-state index in [9.17, 15) is 4.79 Å². The van der Waals surface area contributed by atoms with E-state index in [0.717, 1.165) is 19.4 Å². The van der Waals surface area contributed by atoms with Crippen LogP contribution in [0.15, 0.2) is 12.1 Å². The molecule has 1 aromatic rings. The fourth-order valence-corrected chi connectivity index (χ4v) is 3.01. The van der Waals surface area contributed by atoms with Crippen molar-refractivity contribution in [3.05, 3.63) is 17.7 Å². The van der Waals surface area contributed by atoms with Crippen LogP contribution >= 0.6 is 12.4 Å². The number of carbonyl (C=O) groups is 1. The minimum Gasteiger partial charge on any atom is -0.490 e. The molecule has 26 heavy (non-hydrogen) atoms. The number of amides is 1. The summed E-state index contributed by atoms with van der Waals surface area (Å²) in [5.74, 6) is 1.51. The second kappa shape index (κ2) is 11.1. The summed E-state index contributed by atoms with van der Waals surface area (Å²) in [5.41, 5.74) is 0.521. The molecule has 0 radical (unpaired) electrons. The lowest BCUT2D eigenvalue weighted by Gasteiger charge is -2.30. The first-order chi connectivity index (χ1) is 12.1.